The van der Waals surface area contributed by atoms with Crippen molar-refractivity contribution < 1.29 is 13.2 Å². The summed E-state index contributed by atoms with van der Waals surface area (Å²) in [7, 11) is 0. The van der Waals surface area contributed by atoms with E-state index >= 15 is 0 Å². The van der Waals surface area contributed by atoms with Crippen molar-refractivity contribution in [2.75, 3.05) is 0 Å². The molecule has 0 aliphatic carbocycles. The number of benzene rings is 2. The molecule has 1 heterocycles. The molecular weight excluding hydrogens is 297 g/mol. The third-order valence-corrected chi connectivity index (χ3v) is 4.39. The maximum absolute atomic E-state index is 13.9. The van der Waals surface area contributed by atoms with Crippen LogP contribution in [0.4, 0.5) is 13.2 Å². The summed E-state index contributed by atoms with van der Waals surface area (Å²) in [6, 6.07) is 8.96. The summed E-state index contributed by atoms with van der Waals surface area (Å²) in [5, 5.41) is 0.846. The van der Waals surface area contributed by atoms with Gasteiger partial charge in [0.25, 0.3) is 0 Å². The summed E-state index contributed by atoms with van der Waals surface area (Å²) < 4.78 is 40.9. The molecule has 0 radical (unpaired) electrons. The molecule has 2 aromatic carbocycles. The van der Waals surface area contributed by atoms with Crippen molar-refractivity contribution in [3.05, 3.63) is 70.4 Å². The van der Waals surface area contributed by atoms with Crippen LogP contribution in [0.3, 0.4) is 0 Å². The zero-order valence-electron chi connectivity index (χ0n) is 10.7. The van der Waals surface area contributed by atoms with Crippen LogP contribution in [0.25, 0.3) is 10.1 Å². The third-order valence-electron chi connectivity index (χ3n) is 3.23. The summed E-state index contributed by atoms with van der Waals surface area (Å²) in [6.07, 6.45) is 0. The van der Waals surface area contributed by atoms with Gasteiger partial charge in [0.1, 0.15) is 17.5 Å². The third kappa shape index (κ3) is 2.65. The second-order valence-electron chi connectivity index (χ2n) is 4.60. The summed E-state index contributed by atoms with van der Waals surface area (Å²) in [5.74, 6) is 3.86. The largest absolute Gasteiger partial charge is 0.271 e. The molecule has 1 atom stereocenters. The van der Waals surface area contributed by atoms with Gasteiger partial charge in [-0.05, 0) is 29.7 Å². The zero-order chi connectivity index (χ0) is 15.0. The van der Waals surface area contributed by atoms with E-state index in [1.54, 1.807) is 6.07 Å². The molecule has 108 valence electrons. The normalized spacial score (nSPS) is 12.8. The number of fused-ring (bicyclic) bond motifs is 1. The van der Waals surface area contributed by atoms with Crippen LogP contribution in [0.1, 0.15) is 16.5 Å². The molecule has 2 nitrogen and oxygen atoms in total. The van der Waals surface area contributed by atoms with Gasteiger partial charge in [-0.3, -0.25) is 5.84 Å². The van der Waals surface area contributed by atoms with Crippen molar-refractivity contribution in [3.63, 3.8) is 0 Å². The number of hydrogen-bond acceptors (Lipinski definition) is 3. The Balaban J connectivity index is 2.09. The van der Waals surface area contributed by atoms with E-state index in [1.807, 2.05) is 6.07 Å². The van der Waals surface area contributed by atoms with Crippen LogP contribution in [0.2, 0.25) is 0 Å². The monoisotopic (exact) mass is 308 g/mol. The average Bonchev–Trinajstić information content (AvgIpc) is 2.84. The van der Waals surface area contributed by atoms with E-state index in [2.05, 4.69) is 5.43 Å². The van der Waals surface area contributed by atoms with Crippen LogP contribution >= 0.6 is 11.3 Å². The average molecular weight is 308 g/mol. The molecule has 0 bridgehead atoms. The van der Waals surface area contributed by atoms with Gasteiger partial charge in [-0.15, -0.1) is 11.3 Å². The van der Waals surface area contributed by atoms with Gasteiger partial charge < -0.3 is 0 Å². The van der Waals surface area contributed by atoms with Gasteiger partial charge >= 0.3 is 0 Å². The Morgan fingerprint density at radius 1 is 0.952 bits per heavy atom. The topological polar surface area (TPSA) is 38.0 Å². The quantitative estimate of drug-likeness (QED) is 0.569. The lowest BCUT2D eigenvalue weighted by molar-refractivity contribution is 0.544. The van der Waals surface area contributed by atoms with Crippen LogP contribution in [0.5, 0.6) is 0 Å². The molecule has 0 aliphatic rings. The molecule has 0 amide bonds. The Hall–Kier alpha value is -1.89. The van der Waals surface area contributed by atoms with Crippen LogP contribution in [0.15, 0.2) is 42.5 Å². The fourth-order valence-corrected chi connectivity index (χ4v) is 3.40. The molecule has 3 N–H and O–H groups in total. The van der Waals surface area contributed by atoms with Gasteiger partial charge in [0, 0.05) is 21.2 Å². The lowest BCUT2D eigenvalue weighted by Crippen LogP contribution is -2.28. The highest BCUT2D eigenvalue weighted by Crippen LogP contribution is 2.34. The fraction of sp³-hybridized carbons (Fsp3) is 0.0667. The maximum atomic E-state index is 13.9. The number of hydrazine groups is 1. The first kappa shape index (κ1) is 14.1. The van der Waals surface area contributed by atoms with Crippen LogP contribution < -0.4 is 11.3 Å². The summed E-state index contributed by atoms with van der Waals surface area (Å²) in [6.45, 7) is 0. The SMILES string of the molecule is NNC(c1cc2ccc(F)cc2s1)c1ccc(F)cc1F. The van der Waals surface area contributed by atoms with Crippen LogP contribution in [0, 0.1) is 17.5 Å². The Morgan fingerprint density at radius 2 is 1.67 bits per heavy atom. The Labute approximate surface area is 123 Å². The van der Waals surface area contributed by atoms with E-state index < -0.39 is 17.7 Å². The van der Waals surface area contributed by atoms with Crippen molar-refractivity contribution in [1.82, 2.24) is 5.43 Å². The van der Waals surface area contributed by atoms with E-state index in [1.165, 1.54) is 35.6 Å². The van der Waals surface area contributed by atoms with E-state index in [4.69, 9.17) is 5.84 Å². The van der Waals surface area contributed by atoms with Crippen molar-refractivity contribution in [3.8, 4) is 0 Å². The Kier molecular flexibility index (Phi) is 3.67. The Bertz CT molecular complexity index is 801. The molecule has 3 rings (SSSR count). The molecule has 6 heteroatoms. The van der Waals surface area contributed by atoms with Crippen molar-refractivity contribution >= 4 is 21.4 Å². The predicted octanol–water partition coefficient (Wildman–Crippen LogP) is 3.87. The minimum Gasteiger partial charge on any atom is -0.271 e. The number of thiophene rings is 1. The first-order valence-corrected chi connectivity index (χ1v) is 7.00. The first-order chi connectivity index (χ1) is 10.1. The van der Waals surface area contributed by atoms with Gasteiger partial charge in [0.05, 0.1) is 6.04 Å². The molecular formula is C15H11F3N2S. The number of hydrogen-bond donors (Lipinski definition) is 2. The van der Waals surface area contributed by atoms with E-state index in [0.717, 1.165) is 21.0 Å². The minimum absolute atomic E-state index is 0.242. The first-order valence-electron chi connectivity index (χ1n) is 6.18. The van der Waals surface area contributed by atoms with Gasteiger partial charge in [-0.1, -0.05) is 12.1 Å². The molecule has 1 aromatic heterocycles. The fourth-order valence-electron chi connectivity index (χ4n) is 2.23. The molecule has 3 aromatic rings. The number of rotatable bonds is 3. The van der Waals surface area contributed by atoms with Crippen molar-refractivity contribution in [1.29, 1.82) is 0 Å². The number of nitrogens with one attached hydrogen (secondary N) is 1. The van der Waals surface area contributed by atoms with Gasteiger partial charge in [0.15, 0.2) is 0 Å². The van der Waals surface area contributed by atoms with Gasteiger partial charge in [0.2, 0.25) is 0 Å². The molecule has 21 heavy (non-hydrogen) atoms. The van der Waals surface area contributed by atoms with E-state index in [0.29, 0.717) is 0 Å². The second kappa shape index (κ2) is 5.48. The zero-order valence-corrected chi connectivity index (χ0v) is 11.6. The minimum atomic E-state index is -0.679. The number of nitrogens with two attached hydrogens (primary N) is 1. The number of halogens is 3. The highest BCUT2D eigenvalue weighted by atomic mass is 32.1. The summed E-state index contributed by atoms with van der Waals surface area (Å²) in [4.78, 5) is 0.726. The molecule has 0 spiro atoms. The molecule has 0 aliphatic heterocycles. The molecule has 0 saturated heterocycles. The molecule has 1 unspecified atom stereocenters. The highest BCUT2D eigenvalue weighted by molar-refractivity contribution is 7.19. The maximum Gasteiger partial charge on any atom is 0.131 e. The standard InChI is InChI=1S/C15H11F3N2S/c16-9-3-4-11(12(18)6-9)15(20-19)14-5-8-1-2-10(17)7-13(8)21-14/h1-7,15,20H,19H2. The van der Waals surface area contributed by atoms with Crippen molar-refractivity contribution in [2.45, 2.75) is 6.04 Å². The van der Waals surface area contributed by atoms with Crippen LogP contribution in [-0.2, 0) is 0 Å². The van der Waals surface area contributed by atoms with Gasteiger partial charge in [-0.25, -0.2) is 18.6 Å². The Morgan fingerprint density at radius 3 is 2.38 bits per heavy atom. The van der Waals surface area contributed by atoms with Crippen molar-refractivity contribution in [2.24, 2.45) is 5.84 Å². The predicted molar refractivity (Wildman–Crippen MR) is 77.3 cm³/mol. The van der Waals surface area contributed by atoms with Gasteiger partial charge in [-0.2, -0.15) is 0 Å². The van der Waals surface area contributed by atoms with Crippen LogP contribution in [-0.4, -0.2) is 0 Å². The van der Waals surface area contributed by atoms with E-state index in [-0.39, 0.29) is 11.4 Å². The van der Waals surface area contributed by atoms with E-state index in [9.17, 15) is 13.2 Å². The lowest BCUT2D eigenvalue weighted by Gasteiger charge is -2.15. The summed E-state index contributed by atoms with van der Waals surface area (Å²) in [5.41, 5.74) is 2.77. The second-order valence-corrected chi connectivity index (χ2v) is 5.71. The summed E-state index contributed by atoms with van der Waals surface area (Å²) >= 11 is 1.31. The highest BCUT2D eigenvalue weighted by Gasteiger charge is 2.19. The molecule has 0 saturated carbocycles. The lowest BCUT2D eigenvalue weighted by atomic mass is 10.0. The smallest absolute Gasteiger partial charge is 0.131 e. The molecule has 0 fully saturated rings.